The number of hydrogen-bond donors (Lipinski definition) is 0. The van der Waals surface area contributed by atoms with Crippen LogP contribution in [0.5, 0.6) is 11.5 Å². The third-order valence-corrected chi connectivity index (χ3v) is 3.02. The predicted molar refractivity (Wildman–Crippen MR) is 70.4 cm³/mol. The third kappa shape index (κ3) is 2.84. The van der Waals surface area contributed by atoms with Crippen molar-refractivity contribution >= 4 is 5.78 Å². The summed E-state index contributed by atoms with van der Waals surface area (Å²) in [6, 6.07) is 4.20. The summed E-state index contributed by atoms with van der Waals surface area (Å²) in [5.41, 5.74) is 2.42. The van der Waals surface area contributed by atoms with Gasteiger partial charge in [-0.2, -0.15) is 0 Å². The van der Waals surface area contributed by atoms with Crippen molar-refractivity contribution < 1.29 is 14.3 Å². The fourth-order valence-corrected chi connectivity index (χ4v) is 2.23. The van der Waals surface area contributed by atoms with Gasteiger partial charge >= 0.3 is 0 Å². The molecule has 2 rings (SSSR count). The molecule has 0 fully saturated rings. The number of hydrogen-bond acceptors (Lipinski definition) is 3. The lowest BCUT2D eigenvalue weighted by Crippen LogP contribution is -2.15. The Kier molecular flexibility index (Phi) is 4.24. The number of aryl methyl sites for hydroxylation is 2. The lowest BCUT2D eigenvalue weighted by Gasteiger charge is -2.14. The molecule has 3 heteroatoms. The fourth-order valence-electron chi connectivity index (χ4n) is 2.23. The van der Waals surface area contributed by atoms with Crippen LogP contribution in [0.2, 0.25) is 0 Å². The van der Waals surface area contributed by atoms with Crippen LogP contribution in [0.4, 0.5) is 0 Å². The summed E-state index contributed by atoms with van der Waals surface area (Å²) in [4.78, 5) is 11.4. The number of Topliss-reactive ketones (excluding diaryl/α,β-unsaturated/α-hetero) is 1. The molecular formula is C15H20O3. The van der Waals surface area contributed by atoms with Crippen LogP contribution in [0.3, 0.4) is 0 Å². The first kappa shape index (κ1) is 12.9. The summed E-state index contributed by atoms with van der Waals surface area (Å²) in [7, 11) is 0. The van der Waals surface area contributed by atoms with E-state index >= 15 is 0 Å². The highest BCUT2D eigenvalue weighted by Crippen LogP contribution is 2.35. The molecule has 0 amide bonds. The molecule has 0 aromatic heterocycles. The molecule has 0 unspecified atom stereocenters. The third-order valence-electron chi connectivity index (χ3n) is 3.02. The molecule has 1 aromatic rings. The van der Waals surface area contributed by atoms with E-state index < -0.39 is 0 Å². The minimum atomic E-state index is -0.00862. The maximum Gasteiger partial charge on any atom is 0.207 e. The van der Waals surface area contributed by atoms with E-state index in [2.05, 4.69) is 19.9 Å². The molecule has 1 aliphatic heterocycles. The highest BCUT2D eigenvalue weighted by molar-refractivity contribution is 5.82. The molecule has 0 aliphatic carbocycles. The minimum Gasteiger partial charge on any atom is -0.482 e. The van der Waals surface area contributed by atoms with Crippen LogP contribution in [-0.2, 0) is 17.6 Å². The zero-order chi connectivity index (χ0) is 13.0. The Morgan fingerprint density at radius 3 is 2.50 bits per heavy atom. The second kappa shape index (κ2) is 5.89. The van der Waals surface area contributed by atoms with Gasteiger partial charge in [-0.1, -0.05) is 32.8 Å². The van der Waals surface area contributed by atoms with Gasteiger partial charge in [0.25, 0.3) is 0 Å². The summed E-state index contributed by atoms with van der Waals surface area (Å²) in [5, 5.41) is 0. The van der Waals surface area contributed by atoms with Crippen molar-refractivity contribution in [1.82, 2.24) is 0 Å². The van der Waals surface area contributed by atoms with Crippen molar-refractivity contribution in [2.75, 3.05) is 13.2 Å². The van der Waals surface area contributed by atoms with Crippen molar-refractivity contribution in [2.45, 2.75) is 39.5 Å². The van der Waals surface area contributed by atoms with Crippen molar-refractivity contribution in [3.63, 3.8) is 0 Å². The molecule has 1 aliphatic rings. The molecule has 0 saturated heterocycles. The molecule has 3 nitrogen and oxygen atoms in total. The van der Waals surface area contributed by atoms with Gasteiger partial charge in [0, 0.05) is 0 Å². The number of benzene rings is 1. The van der Waals surface area contributed by atoms with Crippen molar-refractivity contribution in [3.05, 3.63) is 23.3 Å². The van der Waals surface area contributed by atoms with Crippen molar-refractivity contribution in [3.8, 4) is 11.5 Å². The van der Waals surface area contributed by atoms with E-state index in [1.54, 1.807) is 0 Å². The Balaban J connectivity index is 2.38. The highest BCUT2D eigenvalue weighted by atomic mass is 16.5. The first-order chi connectivity index (χ1) is 8.74. The molecule has 0 N–H and O–H groups in total. The van der Waals surface area contributed by atoms with E-state index in [0.717, 1.165) is 42.7 Å². The first-order valence-corrected chi connectivity index (χ1v) is 6.67. The maximum absolute atomic E-state index is 11.4. The number of carbonyl (C=O) groups excluding carboxylic acids is 1. The first-order valence-electron chi connectivity index (χ1n) is 6.67. The average Bonchev–Trinajstić information content (AvgIpc) is 2.53. The smallest absolute Gasteiger partial charge is 0.207 e. The quantitative estimate of drug-likeness (QED) is 0.821. The van der Waals surface area contributed by atoms with Crippen LogP contribution < -0.4 is 9.47 Å². The average molecular weight is 248 g/mol. The lowest BCUT2D eigenvalue weighted by molar-refractivity contribution is -0.122. The molecule has 0 saturated carbocycles. The molecular weight excluding hydrogens is 228 g/mol. The Labute approximate surface area is 108 Å². The second-order valence-electron chi connectivity index (χ2n) is 4.70. The zero-order valence-electron chi connectivity index (χ0n) is 11.1. The summed E-state index contributed by atoms with van der Waals surface area (Å²) in [6.07, 6.45) is 4.14. The fraction of sp³-hybridized carbons (Fsp3) is 0.533. The van der Waals surface area contributed by atoms with Gasteiger partial charge < -0.3 is 9.47 Å². The molecule has 0 radical (unpaired) electrons. The number of ether oxygens (including phenoxy) is 2. The van der Waals surface area contributed by atoms with E-state index in [4.69, 9.17) is 9.47 Å². The number of carbonyl (C=O) groups is 1. The summed E-state index contributed by atoms with van der Waals surface area (Å²) in [5.74, 6) is 1.49. The molecule has 0 atom stereocenters. The van der Waals surface area contributed by atoms with Gasteiger partial charge in [-0.15, -0.1) is 0 Å². The lowest BCUT2D eigenvalue weighted by atomic mass is 10.0. The maximum atomic E-state index is 11.4. The summed E-state index contributed by atoms with van der Waals surface area (Å²) in [6.45, 7) is 4.54. The van der Waals surface area contributed by atoms with Crippen molar-refractivity contribution in [1.29, 1.82) is 0 Å². The minimum absolute atomic E-state index is 0.00862. The van der Waals surface area contributed by atoms with Crippen molar-refractivity contribution in [2.24, 2.45) is 0 Å². The molecule has 98 valence electrons. The van der Waals surface area contributed by atoms with E-state index in [-0.39, 0.29) is 19.0 Å². The van der Waals surface area contributed by atoms with Gasteiger partial charge in [0.15, 0.2) is 24.7 Å². The van der Waals surface area contributed by atoms with Gasteiger partial charge in [0.1, 0.15) is 0 Å². The SMILES string of the molecule is CCCc1cc(CCC)c2c(c1)OCC(=O)CO2. The molecule has 18 heavy (non-hydrogen) atoms. The second-order valence-corrected chi connectivity index (χ2v) is 4.70. The van der Waals surface area contributed by atoms with Crippen LogP contribution >= 0.6 is 0 Å². The van der Waals surface area contributed by atoms with Gasteiger partial charge in [0.05, 0.1) is 0 Å². The van der Waals surface area contributed by atoms with Gasteiger partial charge in [-0.3, -0.25) is 4.79 Å². The highest BCUT2D eigenvalue weighted by Gasteiger charge is 2.19. The molecule has 0 spiro atoms. The van der Waals surface area contributed by atoms with E-state index in [0.29, 0.717) is 0 Å². The van der Waals surface area contributed by atoms with E-state index in [1.807, 2.05) is 6.07 Å². The number of rotatable bonds is 4. The Morgan fingerprint density at radius 2 is 1.78 bits per heavy atom. The molecule has 0 bridgehead atoms. The number of fused-ring (bicyclic) bond motifs is 1. The van der Waals surface area contributed by atoms with Gasteiger partial charge in [-0.25, -0.2) is 0 Å². The normalized spacial score (nSPS) is 14.4. The Hall–Kier alpha value is -1.51. The topological polar surface area (TPSA) is 35.5 Å². The Morgan fingerprint density at radius 1 is 1.06 bits per heavy atom. The van der Waals surface area contributed by atoms with Crippen LogP contribution in [0.15, 0.2) is 12.1 Å². The predicted octanol–water partition coefficient (Wildman–Crippen LogP) is 2.93. The summed E-state index contributed by atoms with van der Waals surface area (Å²) < 4.78 is 11.2. The van der Waals surface area contributed by atoms with Gasteiger partial charge in [0.2, 0.25) is 5.78 Å². The van der Waals surface area contributed by atoms with Gasteiger partial charge in [-0.05, 0) is 30.0 Å². The Bertz CT molecular complexity index is 438. The standard InChI is InChI=1S/C15H20O3/c1-3-5-11-7-12(6-4-2)15-14(8-11)17-9-13(16)10-18-15/h7-8H,3-6,9-10H2,1-2H3. The largest absolute Gasteiger partial charge is 0.482 e. The zero-order valence-corrected chi connectivity index (χ0v) is 11.1. The summed E-state index contributed by atoms with van der Waals surface area (Å²) >= 11 is 0. The van der Waals surface area contributed by atoms with E-state index in [1.165, 1.54) is 5.56 Å². The molecule has 1 aromatic carbocycles. The van der Waals surface area contributed by atoms with Crippen LogP contribution in [-0.4, -0.2) is 19.0 Å². The number of ketones is 1. The van der Waals surface area contributed by atoms with Crippen LogP contribution in [0.1, 0.15) is 37.8 Å². The van der Waals surface area contributed by atoms with E-state index in [9.17, 15) is 4.79 Å². The van der Waals surface area contributed by atoms with Crippen LogP contribution in [0, 0.1) is 0 Å². The monoisotopic (exact) mass is 248 g/mol. The molecule has 1 heterocycles. The van der Waals surface area contributed by atoms with Crippen LogP contribution in [0.25, 0.3) is 0 Å².